The summed E-state index contributed by atoms with van der Waals surface area (Å²) < 4.78 is 0. The van der Waals surface area contributed by atoms with Crippen LogP contribution in [0.4, 0.5) is 0 Å². The number of nitrogens with two attached hydrogens (primary N) is 3. The molecule has 0 bridgehead atoms. The summed E-state index contributed by atoms with van der Waals surface area (Å²) in [6.07, 6.45) is 3.41. The predicted octanol–water partition coefficient (Wildman–Crippen LogP) is -4.18. The van der Waals surface area contributed by atoms with Crippen molar-refractivity contribution in [2.75, 3.05) is 13.2 Å². The van der Waals surface area contributed by atoms with E-state index in [1.54, 1.807) is 0 Å². The van der Waals surface area contributed by atoms with Gasteiger partial charge in [0.1, 0.15) is 18.1 Å². The molecule has 1 rings (SSSR count). The monoisotopic (exact) mass is 484 g/mol. The van der Waals surface area contributed by atoms with Gasteiger partial charge in [0.2, 0.25) is 23.6 Å². The lowest BCUT2D eigenvalue weighted by Gasteiger charge is -2.24. The van der Waals surface area contributed by atoms with Gasteiger partial charge in [-0.3, -0.25) is 19.2 Å². The molecular formula is C19H32N8O7. The Kier molecular flexibility index (Phi) is 12.2. The summed E-state index contributed by atoms with van der Waals surface area (Å²) >= 11 is 0. The van der Waals surface area contributed by atoms with Gasteiger partial charge in [-0.05, 0) is 25.8 Å². The lowest BCUT2D eigenvalue weighted by Crippen LogP contribution is -2.58. The number of carboxylic acid groups (broad SMARTS) is 1. The number of rotatable bonds is 16. The molecule has 15 heteroatoms. The fourth-order valence-electron chi connectivity index (χ4n) is 2.91. The number of aliphatic carboxylic acids is 1. The molecule has 190 valence electrons. The van der Waals surface area contributed by atoms with Crippen molar-refractivity contribution in [2.45, 2.75) is 56.3 Å². The molecule has 0 saturated carbocycles. The molecule has 15 nitrogen and oxygen atoms in total. The fourth-order valence-corrected chi connectivity index (χ4v) is 2.91. The predicted molar refractivity (Wildman–Crippen MR) is 117 cm³/mol. The zero-order valence-corrected chi connectivity index (χ0v) is 18.5. The first-order valence-electron chi connectivity index (χ1n) is 10.5. The van der Waals surface area contributed by atoms with E-state index >= 15 is 0 Å². The van der Waals surface area contributed by atoms with E-state index in [4.69, 9.17) is 27.4 Å². The minimum Gasteiger partial charge on any atom is -0.480 e. The first-order valence-corrected chi connectivity index (χ1v) is 10.5. The van der Waals surface area contributed by atoms with Crippen LogP contribution in [0, 0.1) is 0 Å². The number of carbonyl (C=O) groups excluding carboxylic acids is 4. The highest BCUT2D eigenvalue weighted by molar-refractivity contribution is 5.95. The number of carbonyl (C=O) groups is 5. The molecule has 0 aliphatic carbocycles. The van der Waals surface area contributed by atoms with Crippen LogP contribution in [0.15, 0.2) is 12.5 Å². The van der Waals surface area contributed by atoms with Crippen molar-refractivity contribution in [1.82, 2.24) is 25.9 Å². The van der Waals surface area contributed by atoms with Gasteiger partial charge in [0.15, 0.2) is 0 Å². The van der Waals surface area contributed by atoms with E-state index in [2.05, 4.69) is 25.9 Å². The number of amides is 4. The normalized spacial score (nSPS) is 14.3. The van der Waals surface area contributed by atoms with Gasteiger partial charge in [-0.25, -0.2) is 9.78 Å². The standard InChI is InChI=1S/C19H32N8O7/c20-4-2-1-3-12(17(31)27-14(8-28)19(33)34)25-18(32)13(5-10-7-23-9-24-10)26-16(30)11(21)6-15(22)29/h7,9,11-14,28H,1-6,8,20-21H2,(H2,22,29)(H,23,24)(H,25,32)(H,26,30)(H,27,31)(H,33,34). The molecule has 4 unspecified atom stereocenters. The molecule has 0 saturated heterocycles. The third-order valence-electron chi connectivity index (χ3n) is 4.75. The summed E-state index contributed by atoms with van der Waals surface area (Å²) in [7, 11) is 0. The van der Waals surface area contributed by atoms with Crippen molar-refractivity contribution in [3.63, 3.8) is 0 Å². The topological polar surface area (TPSA) is 269 Å². The van der Waals surface area contributed by atoms with Crippen LogP contribution < -0.4 is 33.2 Å². The Labute approximate surface area is 195 Å². The van der Waals surface area contributed by atoms with Gasteiger partial charge in [0, 0.05) is 18.3 Å². The Morgan fingerprint density at radius 3 is 2.15 bits per heavy atom. The van der Waals surface area contributed by atoms with E-state index < -0.39 is 66.8 Å². The molecule has 1 aromatic heterocycles. The molecule has 0 aliphatic heterocycles. The minimum atomic E-state index is -1.56. The zero-order chi connectivity index (χ0) is 25.7. The molecular weight excluding hydrogens is 452 g/mol. The van der Waals surface area contributed by atoms with Crippen LogP contribution in [-0.2, 0) is 30.4 Å². The Balaban J connectivity index is 3.02. The van der Waals surface area contributed by atoms with Gasteiger partial charge in [-0.1, -0.05) is 0 Å². The van der Waals surface area contributed by atoms with Crippen LogP contribution in [0.2, 0.25) is 0 Å². The van der Waals surface area contributed by atoms with E-state index in [0.29, 0.717) is 25.1 Å². The van der Waals surface area contributed by atoms with Crippen molar-refractivity contribution in [3.05, 3.63) is 18.2 Å². The van der Waals surface area contributed by atoms with E-state index in [0.717, 1.165) is 0 Å². The summed E-state index contributed by atoms with van der Waals surface area (Å²) in [6, 6.07) is -5.24. The number of aromatic nitrogens is 2. The maximum Gasteiger partial charge on any atom is 0.328 e. The first kappa shape index (κ1) is 28.5. The SMILES string of the molecule is NCCCCC(NC(=O)C(Cc1cnc[nH]1)NC(=O)C(N)CC(N)=O)C(=O)NC(CO)C(=O)O. The lowest BCUT2D eigenvalue weighted by molar-refractivity contribution is -0.143. The molecule has 0 radical (unpaired) electrons. The smallest absolute Gasteiger partial charge is 0.328 e. The van der Waals surface area contributed by atoms with Crippen molar-refractivity contribution < 1.29 is 34.2 Å². The summed E-state index contributed by atoms with van der Waals surface area (Å²) in [5.41, 5.74) is 16.7. The highest BCUT2D eigenvalue weighted by Gasteiger charge is 2.30. The number of carboxylic acids is 1. The Morgan fingerprint density at radius 1 is 1.00 bits per heavy atom. The summed E-state index contributed by atoms with van der Waals surface area (Å²) in [5.74, 6) is -4.66. The van der Waals surface area contributed by atoms with Crippen LogP contribution in [0.5, 0.6) is 0 Å². The van der Waals surface area contributed by atoms with Crippen LogP contribution in [0.3, 0.4) is 0 Å². The fraction of sp³-hybridized carbons (Fsp3) is 0.579. The van der Waals surface area contributed by atoms with E-state index in [-0.39, 0.29) is 12.8 Å². The molecule has 0 aromatic carbocycles. The second kappa shape index (κ2) is 14.6. The number of hydrogen-bond donors (Lipinski definition) is 9. The minimum absolute atomic E-state index is 0.0492. The first-order chi connectivity index (χ1) is 16.1. The number of nitrogens with zero attached hydrogens (tertiary/aromatic N) is 1. The number of nitrogens with one attached hydrogen (secondary N) is 4. The number of H-pyrrole nitrogens is 1. The molecule has 4 atom stereocenters. The molecule has 12 N–H and O–H groups in total. The number of aliphatic hydroxyl groups is 1. The molecule has 4 amide bonds. The number of hydrogen-bond acceptors (Lipinski definition) is 9. The number of unbranched alkanes of at least 4 members (excludes halogenated alkanes) is 1. The van der Waals surface area contributed by atoms with Crippen molar-refractivity contribution in [1.29, 1.82) is 0 Å². The van der Waals surface area contributed by atoms with Crippen LogP contribution in [-0.4, -0.2) is 87.1 Å². The highest BCUT2D eigenvalue weighted by atomic mass is 16.4. The maximum absolute atomic E-state index is 13.0. The zero-order valence-electron chi connectivity index (χ0n) is 18.5. The average Bonchev–Trinajstić information content (AvgIpc) is 3.28. The van der Waals surface area contributed by atoms with Gasteiger partial charge >= 0.3 is 5.97 Å². The third-order valence-corrected chi connectivity index (χ3v) is 4.75. The van der Waals surface area contributed by atoms with Crippen LogP contribution in [0.25, 0.3) is 0 Å². The molecule has 0 fully saturated rings. The van der Waals surface area contributed by atoms with Crippen LogP contribution in [0.1, 0.15) is 31.4 Å². The molecule has 0 aliphatic rings. The number of imidazole rings is 1. The largest absolute Gasteiger partial charge is 0.480 e. The van der Waals surface area contributed by atoms with Gasteiger partial charge in [-0.2, -0.15) is 0 Å². The summed E-state index contributed by atoms with van der Waals surface area (Å²) in [5, 5.41) is 25.3. The van der Waals surface area contributed by atoms with Gasteiger partial charge < -0.3 is 48.3 Å². The summed E-state index contributed by atoms with van der Waals surface area (Å²) in [6.45, 7) is -0.506. The van der Waals surface area contributed by atoms with E-state index in [1.807, 2.05) is 0 Å². The van der Waals surface area contributed by atoms with Crippen molar-refractivity contribution in [2.24, 2.45) is 17.2 Å². The second-order valence-electron chi connectivity index (χ2n) is 7.55. The molecule has 34 heavy (non-hydrogen) atoms. The van der Waals surface area contributed by atoms with Crippen molar-refractivity contribution >= 4 is 29.6 Å². The highest BCUT2D eigenvalue weighted by Crippen LogP contribution is 2.05. The average molecular weight is 485 g/mol. The molecule has 1 heterocycles. The van der Waals surface area contributed by atoms with E-state index in [9.17, 15) is 24.0 Å². The van der Waals surface area contributed by atoms with Crippen LogP contribution >= 0.6 is 0 Å². The molecule has 1 aromatic rings. The van der Waals surface area contributed by atoms with Gasteiger partial charge in [-0.15, -0.1) is 0 Å². The number of aliphatic hydroxyl groups excluding tert-OH is 1. The number of primary amides is 1. The summed E-state index contributed by atoms with van der Waals surface area (Å²) in [4.78, 5) is 66.9. The second-order valence-corrected chi connectivity index (χ2v) is 7.55. The van der Waals surface area contributed by atoms with E-state index in [1.165, 1.54) is 12.5 Å². The molecule has 0 spiro atoms. The Morgan fingerprint density at radius 2 is 1.62 bits per heavy atom. The Bertz CT molecular complexity index is 833. The lowest BCUT2D eigenvalue weighted by atomic mass is 10.1. The van der Waals surface area contributed by atoms with Gasteiger partial charge in [0.25, 0.3) is 0 Å². The van der Waals surface area contributed by atoms with Gasteiger partial charge in [0.05, 0.1) is 25.4 Å². The van der Waals surface area contributed by atoms with Crippen molar-refractivity contribution in [3.8, 4) is 0 Å². The Hall–Kier alpha value is -3.56. The quantitative estimate of drug-likeness (QED) is 0.102. The third kappa shape index (κ3) is 9.93. The maximum atomic E-state index is 13.0. The number of aromatic amines is 1.